The Morgan fingerprint density at radius 3 is 1.93 bits per heavy atom. The molecule has 152 valence electrons. The van der Waals surface area contributed by atoms with Crippen molar-refractivity contribution in [1.82, 2.24) is 10.2 Å². The summed E-state index contributed by atoms with van der Waals surface area (Å²) in [6.45, 7) is 0. The van der Waals surface area contributed by atoms with Crippen LogP contribution in [0.3, 0.4) is 0 Å². The quantitative estimate of drug-likeness (QED) is 0.350. The van der Waals surface area contributed by atoms with E-state index in [1.807, 2.05) is 24.3 Å². The van der Waals surface area contributed by atoms with Gasteiger partial charge in [-0.1, -0.05) is 48.2 Å². The average molecular weight is 424 g/mol. The molecule has 0 spiro atoms. The zero-order valence-corrected chi connectivity index (χ0v) is 16.9. The van der Waals surface area contributed by atoms with Crippen LogP contribution in [0.5, 0.6) is 5.75 Å². The van der Waals surface area contributed by atoms with E-state index in [4.69, 9.17) is 9.15 Å². The first-order chi connectivity index (χ1) is 14.6. The molecule has 0 unspecified atom stereocenters. The van der Waals surface area contributed by atoms with Gasteiger partial charge in [0.2, 0.25) is 5.89 Å². The number of benzene rings is 3. The maximum absolute atomic E-state index is 13.4. The van der Waals surface area contributed by atoms with Crippen LogP contribution in [-0.2, 0) is 6.42 Å². The van der Waals surface area contributed by atoms with E-state index in [1.165, 1.54) is 36.0 Å². The Kier molecular flexibility index (Phi) is 6.09. The van der Waals surface area contributed by atoms with Crippen LogP contribution in [0.2, 0.25) is 0 Å². The summed E-state index contributed by atoms with van der Waals surface area (Å²) in [5.74, 6) is 0.629. The molecule has 0 atom stereocenters. The predicted molar refractivity (Wildman–Crippen MR) is 111 cm³/mol. The van der Waals surface area contributed by atoms with Crippen LogP contribution < -0.4 is 4.74 Å². The number of rotatable bonds is 7. The molecule has 4 aromatic rings. The summed E-state index contributed by atoms with van der Waals surface area (Å²) >= 11 is 1.34. The second-order valence-electron chi connectivity index (χ2n) is 6.59. The van der Waals surface area contributed by atoms with Gasteiger partial charge in [0.05, 0.1) is 18.8 Å². The lowest BCUT2D eigenvalue weighted by molar-refractivity contribution is 0.413. The molecule has 1 heterocycles. The van der Waals surface area contributed by atoms with Gasteiger partial charge in [-0.25, -0.2) is 8.78 Å². The summed E-state index contributed by atoms with van der Waals surface area (Å²) in [5.41, 5.74) is 2.72. The van der Waals surface area contributed by atoms with E-state index in [-0.39, 0.29) is 16.9 Å². The smallest absolute Gasteiger partial charge is 0.277 e. The van der Waals surface area contributed by atoms with Gasteiger partial charge >= 0.3 is 0 Å². The zero-order valence-electron chi connectivity index (χ0n) is 16.1. The van der Waals surface area contributed by atoms with Gasteiger partial charge in [0.15, 0.2) is 0 Å². The number of halogens is 2. The van der Waals surface area contributed by atoms with Crippen molar-refractivity contribution in [2.75, 3.05) is 7.11 Å². The maximum atomic E-state index is 13.4. The average Bonchev–Trinajstić information content (AvgIpc) is 3.21. The number of aromatic nitrogens is 2. The molecular formula is C23H18F2N2O2S. The number of thioether (sulfide) groups is 1. The van der Waals surface area contributed by atoms with E-state index in [0.717, 1.165) is 22.4 Å². The minimum absolute atomic E-state index is 0.250. The largest absolute Gasteiger partial charge is 0.497 e. The first kappa shape index (κ1) is 20.1. The highest BCUT2D eigenvalue weighted by atomic mass is 32.2. The summed E-state index contributed by atoms with van der Waals surface area (Å²) < 4.78 is 37.8. The third kappa shape index (κ3) is 4.86. The zero-order chi connectivity index (χ0) is 20.9. The number of methoxy groups -OCH3 is 1. The van der Waals surface area contributed by atoms with E-state index >= 15 is 0 Å². The van der Waals surface area contributed by atoms with E-state index in [1.54, 1.807) is 31.4 Å². The first-order valence-corrected chi connectivity index (χ1v) is 10.1. The highest BCUT2D eigenvalue weighted by Crippen LogP contribution is 2.40. The van der Waals surface area contributed by atoms with Crippen LogP contribution in [0.25, 0.3) is 0 Å². The molecule has 1 aromatic heterocycles. The Morgan fingerprint density at radius 2 is 1.40 bits per heavy atom. The Bertz CT molecular complexity index is 1050. The second-order valence-corrected chi connectivity index (χ2v) is 7.64. The molecule has 4 nitrogen and oxygen atoms in total. The molecule has 0 amide bonds. The van der Waals surface area contributed by atoms with E-state index in [2.05, 4.69) is 10.2 Å². The van der Waals surface area contributed by atoms with Gasteiger partial charge in [-0.2, -0.15) is 0 Å². The number of hydrogen-bond donors (Lipinski definition) is 0. The van der Waals surface area contributed by atoms with Crippen molar-refractivity contribution in [2.45, 2.75) is 16.9 Å². The van der Waals surface area contributed by atoms with Crippen LogP contribution >= 0.6 is 11.8 Å². The lowest BCUT2D eigenvalue weighted by Crippen LogP contribution is -1.97. The molecule has 0 bridgehead atoms. The predicted octanol–water partition coefficient (Wildman–Crippen LogP) is 5.83. The SMILES string of the molecule is COc1ccc(Cc2nnc(SC(c3ccc(F)cc3)c3ccc(F)cc3)o2)cc1. The number of ether oxygens (including phenoxy) is 1. The molecule has 4 rings (SSSR count). The lowest BCUT2D eigenvalue weighted by Gasteiger charge is -2.15. The Balaban J connectivity index is 1.55. The fourth-order valence-corrected chi connectivity index (χ4v) is 4.00. The molecule has 0 aliphatic carbocycles. The standard InChI is InChI=1S/C23H18F2N2O2S/c1-28-20-12-2-15(3-13-20)14-21-26-27-23(29-21)30-22(16-4-8-18(24)9-5-16)17-6-10-19(25)11-7-17/h2-13,22H,14H2,1H3. The van der Waals surface area contributed by atoms with E-state index in [9.17, 15) is 8.78 Å². The topological polar surface area (TPSA) is 48.2 Å². The molecule has 0 aliphatic heterocycles. The molecule has 0 saturated carbocycles. The highest BCUT2D eigenvalue weighted by Gasteiger charge is 2.20. The van der Waals surface area contributed by atoms with Crippen molar-refractivity contribution < 1.29 is 17.9 Å². The van der Waals surface area contributed by atoms with Crippen molar-refractivity contribution in [3.63, 3.8) is 0 Å². The molecule has 3 aromatic carbocycles. The van der Waals surface area contributed by atoms with Gasteiger partial charge in [0, 0.05) is 0 Å². The van der Waals surface area contributed by atoms with Crippen molar-refractivity contribution in [3.05, 3.63) is 107 Å². The third-order valence-electron chi connectivity index (χ3n) is 4.53. The molecule has 0 fully saturated rings. The van der Waals surface area contributed by atoms with Crippen molar-refractivity contribution in [1.29, 1.82) is 0 Å². The minimum atomic E-state index is -0.318. The highest BCUT2D eigenvalue weighted by molar-refractivity contribution is 7.99. The lowest BCUT2D eigenvalue weighted by atomic mass is 10.0. The van der Waals surface area contributed by atoms with Gasteiger partial charge in [0.1, 0.15) is 17.4 Å². The monoisotopic (exact) mass is 424 g/mol. The van der Waals surface area contributed by atoms with Gasteiger partial charge in [-0.05, 0) is 53.1 Å². The van der Waals surface area contributed by atoms with Crippen LogP contribution in [0.1, 0.15) is 27.8 Å². The molecule has 30 heavy (non-hydrogen) atoms. The second kappa shape index (κ2) is 9.09. The van der Waals surface area contributed by atoms with Gasteiger partial charge in [-0.3, -0.25) is 0 Å². The van der Waals surface area contributed by atoms with Crippen LogP contribution in [0.15, 0.2) is 82.4 Å². The summed E-state index contributed by atoms with van der Waals surface area (Å²) in [7, 11) is 1.62. The molecule has 0 saturated heterocycles. The fourth-order valence-electron chi connectivity index (χ4n) is 2.98. The Morgan fingerprint density at radius 1 is 0.833 bits per heavy atom. The fraction of sp³-hybridized carbons (Fsp3) is 0.130. The molecule has 0 radical (unpaired) electrons. The molecule has 0 aliphatic rings. The van der Waals surface area contributed by atoms with E-state index < -0.39 is 0 Å². The summed E-state index contributed by atoms with van der Waals surface area (Å²) in [4.78, 5) is 0. The Labute approximate surface area is 176 Å². The molecule has 0 N–H and O–H groups in total. The van der Waals surface area contributed by atoms with Crippen molar-refractivity contribution >= 4 is 11.8 Å². The minimum Gasteiger partial charge on any atom is -0.497 e. The summed E-state index contributed by atoms with van der Waals surface area (Å²) in [5, 5.41) is 8.42. The third-order valence-corrected chi connectivity index (χ3v) is 5.67. The maximum Gasteiger partial charge on any atom is 0.277 e. The first-order valence-electron chi connectivity index (χ1n) is 9.23. The van der Waals surface area contributed by atoms with Crippen LogP contribution in [0, 0.1) is 11.6 Å². The number of nitrogens with zero attached hydrogens (tertiary/aromatic N) is 2. The van der Waals surface area contributed by atoms with Crippen molar-refractivity contribution in [2.24, 2.45) is 0 Å². The van der Waals surface area contributed by atoms with Gasteiger partial charge in [-0.15, -0.1) is 10.2 Å². The van der Waals surface area contributed by atoms with Gasteiger partial charge < -0.3 is 9.15 Å². The van der Waals surface area contributed by atoms with Gasteiger partial charge in [0.25, 0.3) is 5.22 Å². The summed E-state index contributed by atoms with van der Waals surface area (Å²) in [6.07, 6.45) is 0.495. The molecule has 7 heteroatoms. The van der Waals surface area contributed by atoms with Crippen molar-refractivity contribution in [3.8, 4) is 5.75 Å². The van der Waals surface area contributed by atoms with Crippen LogP contribution in [0.4, 0.5) is 8.78 Å². The van der Waals surface area contributed by atoms with Crippen LogP contribution in [-0.4, -0.2) is 17.3 Å². The number of hydrogen-bond acceptors (Lipinski definition) is 5. The Hall–Kier alpha value is -3.19. The normalized spacial score (nSPS) is 11.1. The molecular weight excluding hydrogens is 406 g/mol. The van der Waals surface area contributed by atoms with E-state index in [0.29, 0.717) is 17.5 Å². The summed E-state index contributed by atoms with van der Waals surface area (Å²) in [6, 6.07) is 20.0.